The Morgan fingerprint density at radius 3 is 2.50 bits per heavy atom. The molecule has 2 heterocycles. The third kappa shape index (κ3) is 2.86. The number of hydrogen-bond acceptors (Lipinski definition) is 5. The van der Waals surface area contributed by atoms with E-state index in [0.717, 1.165) is 15.9 Å². The van der Waals surface area contributed by atoms with Crippen molar-refractivity contribution in [3.05, 3.63) is 6.33 Å². The summed E-state index contributed by atoms with van der Waals surface area (Å²) in [6.45, 7) is -1.47. The zero-order valence-corrected chi connectivity index (χ0v) is 9.99. The van der Waals surface area contributed by atoms with E-state index in [1.807, 2.05) is 0 Å². The van der Waals surface area contributed by atoms with Gasteiger partial charge in [-0.05, 0) is 10.4 Å². The SMILES string of the molecule is O=C(O)[C@@H]1CN(C(=O)Cn2cnnn2)C[C@H]1C(F)(F)F. The molecule has 0 radical (unpaired) electrons. The Morgan fingerprint density at radius 2 is 2.05 bits per heavy atom. The lowest BCUT2D eigenvalue weighted by Crippen LogP contribution is -2.34. The zero-order chi connectivity index (χ0) is 14.9. The lowest BCUT2D eigenvalue weighted by atomic mass is 9.96. The molecule has 1 aromatic rings. The maximum absolute atomic E-state index is 12.7. The van der Waals surface area contributed by atoms with Crippen molar-refractivity contribution >= 4 is 11.9 Å². The summed E-state index contributed by atoms with van der Waals surface area (Å²) in [5, 5.41) is 18.8. The van der Waals surface area contributed by atoms with Crippen LogP contribution in [0, 0.1) is 11.8 Å². The van der Waals surface area contributed by atoms with Gasteiger partial charge in [-0.2, -0.15) is 13.2 Å². The fraction of sp³-hybridized carbons (Fsp3) is 0.667. The first kappa shape index (κ1) is 14.2. The van der Waals surface area contributed by atoms with Crippen LogP contribution in [-0.4, -0.2) is 61.4 Å². The number of amides is 1. The zero-order valence-electron chi connectivity index (χ0n) is 9.99. The molecule has 1 amide bonds. The Balaban J connectivity index is 2.07. The highest BCUT2D eigenvalue weighted by Crippen LogP contribution is 2.37. The summed E-state index contributed by atoms with van der Waals surface area (Å²) in [7, 11) is 0. The predicted molar refractivity (Wildman–Crippen MR) is 55.1 cm³/mol. The molecule has 0 spiro atoms. The second kappa shape index (κ2) is 5.06. The number of aliphatic carboxylic acids is 1. The summed E-state index contributed by atoms with van der Waals surface area (Å²) >= 11 is 0. The van der Waals surface area contributed by atoms with Gasteiger partial charge >= 0.3 is 12.1 Å². The van der Waals surface area contributed by atoms with E-state index >= 15 is 0 Å². The van der Waals surface area contributed by atoms with Gasteiger partial charge in [-0.15, -0.1) is 5.10 Å². The van der Waals surface area contributed by atoms with E-state index < -0.39 is 43.0 Å². The molecule has 0 aromatic carbocycles. The normalized spacial score (nSPS) is 23.1. The third-order valence-electron chi connectivity index (χ3n) is 3.10. The Bertz CT molecular complexity index is 503. The number of carbonyl (C=O) groups is 2. The summed E-state index contributed by atoms with van der Waals surface area (Å²) in [5.41, 5.74) is 0. The average molecular weight is 293 g/mol. The monoisotopic (exact) mass is 293 g/mol. The van der Waals surface area contributed by atoms with Crippen molar-refractivity contribution in [2.24, 2.45) is 11.8 Å². The van der Waals surface area contributed by atoms with Crippen molar-refractivity contribution in [1.29, 1.82) is 0 Å². The molecule has 1 aromatic heterocycles. The van der Waals surface area contributed by atoms with Crippen LogP contribution < -0.4 is 0 Å². The summed E-state index contributed by atoms with van der Waals surface area (Å²) in [4.78, 5) is 23.5. The Kier molecular flexibility index (Phi) is 3.59. The summed E-state index contributed by atoms with van der Waals surface area (Å²) in [5.74, 6) is -5.93. The number of tetrazole rings is 1. The quantitative estimate of drug-likeness (QED) is 0.798. The predicted octanol–water partition coefficient (Wildman–Crippen LogP) is -0.605. The van der Waals surface area contributed by atoms with Crippen LogP contribution in [0.25, 0.3) is 0 Å². The van der Waals surface area contributed by atoms with Gasteiger partial charge in [0, 0.05) is 13.1 Å². The molecule has 11 heteroatoms. The minimum absolute atomic E-state index is 0.329. The van der Waals surface area contributed by atoms with Crippen LogP contribution in [0.15, 0.2) is 6.33 Å². The molecule has 2 atom stereocenters. The maximum atomic E-state index is 12.7. The van der Waals surface area contributed by atoms with Gasteiger partial charge in [-0.1, -0.05) is 0 Å². The van der Waals surface area contributed by atoms with Gasteiger partial charge in [0.15, 0.2) is 0 Å². The highest BCUT2D eigenvalue weighted by Gasteiger charge is 2.53. The molecule has 2 rings (SSSR count). The van der Waals surface area contributed by atoms with E-state index in [-0.39, 0.29) is 6.54 Å². The third-order valence-corrected chi connectivity index (χ3v) is 3.10. The molecule has 20 heavy (non-hydrogen) atoms. The van der Waals surface area contributed by atoms with E-state index in [1.54, 1.807) is 0 Å². The number of carbonyl (C=O) groups excluding carboxylic acids is 1. The second-order valence-corrected chi connectivity index (χ2v) is 4.40. The average Bonchev–Trinajstić information content (AvgIpc) is 2.95. The van der Waals surface area contributed by atoms with Gasteiger partial charge in [0.05, 0.1) is 11.8 Å². The topological polar surface area (TPSA) is 101 Å². The first-order valence-corrected chi connectivity index (χ1v) is 5.57. The van der Waals surface area contributed by atoms with Crippen LogP contribution in [0.5, 0.6) is 0 Å². The van der Waals surface area contributed by atoms with Crippen molar-refractivity contribution in [2.75, 3.05) is 13.1 Å². The first-order chi connectivity index (χ1) is 9.29. The minimum Gasteiger partial charge on any atom is -0.481 e. The number of carboxylic acids is 1. The van der Waals surface area contributed by atoms with Crippen LogP contribution in [0.3, 0.4) is 0 Å². The molecule has 0 saturated carbocycles. The van der Waals surface area contributed by atoms with Crippen molar-refractivity contribution in [3.8, 4) is 0 Å². The maximum Gasteiger partial charge on any atom is 0.394 e. The Hall–Kier alpha value is -2.20. The van der Waals surface area contributed by atoms with Crippen molar-refractivity contribution < 1.29 is 27.9 Å². The fourth-order valence-electron chi connectivity index (χ4n) is 2.08. The molecule has 1 N–H and O–H groups in total. The van der Waals surface area contributed by atoms with Crippen LogP contribution >= 0.6 is 0 Å². The molecule has 1 aliphatic rings. The number of likely N-dealkylation sites (tertiary alicyclic amines) is 1. The molecular weight excluding hydrogens is 283 g/mol. The molecule has 0 bridgehead atoms. The fourth-order valence-corrected chi connectivity index (χ4v) is 2.08. The van der Waals surface area contributed by atoms with Gasteiger partial charge in [0.2, 0.25) is 5.91 Å². The lowest BCUT2D eigenvalue weighted by molar-refractivity contribution is -0.188. The van der Waals surface area contributed by atoms with Crippen molar-refractivity contribution in [3.63, 3.8) is 0 Å². The molecule has 110 valence electrons. The molecule has 1 fully saturated rings. The van der Waals surface area contributed by atoms with Gasteiger partial charge in [0.1, 0.15) is 12.9 Å². The molecule has 0 aliphatic carbocycles. The van der Waals surface area contributed by atoms with Crippen LogP contribution in [0.2, 0.25) is 0 Å². The summed E-state index contributed by atoms with van der Waals surface area (Å²) in [6, 6.07) is 0. The van der Waals surface area contributed by atoms with Crippen LogP contribution in [0.4, 0.5) is 13.2 Å². The highest BCUT2D eigenvalue weighted by atomic mass is 19.4. The molecule has 1 saturated heterocycles. The van der Waals surface area contributed by atoms with Gasteiger partial charge in [-0.25, -0.2) is 4.68 Å². The van der Waals surface area contributed by atoms with E-state index in [1.165, 1.54) is 0 Å². The van der Waals surface area contributed by atoms with E-state index in [4.69, 9.17) is 5.11 Å². The van der Waals surface area contributed by atoms with Gasteiger partial charge < -0.3 is 10.0 Å². The van der Waals surface area contributed by atoms with Crippen molar-refractivity contribution in [1.82, 2.24) is 25.1 Å². The van der Waals surface area contributed by atoms with Crippen molar-refractivity contribution in [2.45, 2.75) is 12.7 Å². The van der Waals surface area contributed by atoms with Crippen LogP contribution in [-0.2, 0) is 16.1 Å². The van der Waals surface area contributed by atoms with Gasteiger partial charge in [-0.3, -0.25) is 9.59 Å². The largest absolute Gasteiger partial charge is 0.481 e. The molecule has 0 unspecified atom stereocenters. The molecule has 8 nitrogen and oxygen atoms in total. The number of nitrogens with zero attached hydrogens (tertiary/aromatic N) is 5. The first-order valence-electron chi connectivity index (χ1n) is 5.57. The number of carboxylic acid groups (broad SMARTS) is 1. The Morgan fingerprint density at radius 1 is 1.35 bits per heavy atom. The van der Waals surface area contributed by atoms with Gasteiger partial charge in [0.25, 0.3) is 0 Å². The lowest BCUT2D eigenvalue weighted by Gasteiger charge is -2.18. The number of alkyl halides is 3. The second-order valence-electron chi connectivity index (χ2n) is 4.40. The smallest absolute Gasteiger partial charge is 0.394 e. The highest BCUT2D eigenvalue weighted by molar-refractivity contribution is 5.78. The molecule has 1 aliphatic heterocycles. The Labute approximate surface area is 110 Å². The number of hydrogen-bond donors (Lipinski definition) is 1. The van der Waals surface area contributed by atoms with E-state index in [2.05, 4.69) is 15.5 Å². The number of halogens is 3. The number of rotatable bonds is 3. The molecular formula is C9H10F3N5O3. The standard InChI is InChI=1S/C9H10F3N5O3/c10-9(11,12)6-2-16(1-5(6)8(19)20)7(18)3-17-4-13-14-15-17/h4-6H,1-3H2,(H,19,20)/t5-,6-/m1/s1. The summed E-state index contributed by atoms with van der Waals surface area (Å²) in [6.07, 6.45) is -3.52. The minimum atomic E-state index is -4.66. The summed E-state index contributed by atoms with van der Waals surface area (Å²) < 4.78 is 39.3. The van der Waals surface area contributed by atoms with Crippen LogP contribution in [0.1, 0.15) is 0 Å². The van der Waals surface area contributed by atoms with E-state index in [0.29, 0.717) is 0 Å². The number of aromatic nitrogens is 4. The van der Waals surface area contributed by atoms with E-state index in [9.17, 15) is 22.8 Å².